The van der Waals surface area contributed by atoms with Crippen LogP contribution in [-0.4, -0.2) is 18.2 Å². The van der Waals surface area contributed by atoms with Crippen molar-refractivity contribution in [2.75, 3.05) is 4.72 Å². The molecule has 0 saturated carbocycles. The van der Waals surface area contributed by atoms with E-state index in [1.165, 1.54) is 6.20 Å². The lowest BCUT2D eigenvalue weighted by atomic mass is 10.2. The van der Waals surface area contributed by atoms with Gasteiger partial charge in [0.05, 0.1) is 11.4 Å². The SMILES string of the molecule is CCn1cc(S(=O)(=O)Nc2cccc(Cl)c2C)c(C)n1. The number of hydrogen-bond acceptors (Lipinski definition) is 3. The van der Waals surface area contributed by atoms with Crippen molar-refractivity contribution in [1.29, 1.82) is 0 Å². The average molecular weight is 314 g/mol. The minimum absolute atomic E-state index is 0.179. The zero-order valence-corrected chi connectivity index (χ0v) is 13.1. The fourth-order valence-corrected chi connectivity index (χ4v) is 3.33. The maximum absolute atomic E-state index is 12.4. The molecule has 20 heavy (non-hydrogen) atoms. The Hall–Kier alpha value is -1.53. The minimum Gasteiger partial charge on any atom is -0.279 e. The average Bonchev–Trinajstić information content (AvgIpc) is 2.77. The van der Waals surface area contributed by atoms with Gasteiger partial charge < -0.3 is 0 Å². The standard InChI is InChI=1S/C13H16ClN3O2S/c1-4-17-8-13(10(3)15-17)20(18,19)16-12-7-5-6-11(14)9(12)2/h5-8,16H,4H2,1-3H3. The largest absolute Gasteiger partial charge is 0.279 e. The van der Waals surface area contributed by atoms with Crippen molar-refractivity contribution in [2.45, 2.75) is 32.2 Å². The van der Waals surface area contributed by atoms with E-state index in [4.69, 9.17) is 11.6 Å². The summed E-state index contributed by atoms with van der Waals surface area (Å²) in [6.07, 6.45) is 1.53. The second-order valence-electron chi connectivity index (χ2n) is 4.45. The van der Waals surface area contributed by atoms with Gasteiger partial charge in [-0.05, 0) is 38.5 Å². The van der Waals surface area contributed by atoms with Gasteiger partial charge in [-0.1, -0.05) is 17.7 Å². The maximum Gasteiger partial charge on any atom is 0.265 e. The number of hydrogen-bond donors (Lipinski definition) is 1. The van der Waals surface area contributed by atoms with Crippen LogP contribution in [-0.2, 0) is 16.6 Å². The molecule has 0 aliphatic carbocycles. The number of aryl methyl sites for hydroxylation is 2. The molecule has 0 atom stereocenters. The molecule has 108 valence electrons. The molecule has 7 heteroatoms. The van der Waals surface area contributed by atoms with E-state index in [0.29, 0.717) is 28.5 Å². The Balaban J connectivity index is 2.40. The van der Waals surface area contributed by atoms with Crippen LogP contribution in [0.3, 0.4) is 0 Å². The van der Waals surface area contributed by atoms with Gasteiger partial charge in [0, 0.05) is 17.8 Å². The molecule has 0 bridgehead atoms. The summed E-state index contributed by atoms with van der Waals surface area (Å²) in [5.41, 5.74) is 1.64. The Labute approximate surface area is 123 Å². The molecule has 1 N–H and O–H groups in total. The van der Waals surface area contributed by atoms with E-state index in [9.17, 15) is 8.42 Å². The molecule has 0 unspecified atom stereocenters. The molecule has 0 amide bonds. The number of rotatable bonds is 4. The Morgan fingerprint density at radius 2 is 2.05 bits per heavy atom. The summed E-state index contributed by atoms with van der Waals surface area (Å²) in [6, 6.07) is 5.10. The summed E-state index contributed by atoms with van der Waals surface area (Å²) in [7, 11) is -3.66. The van der Waals surface area contributed by atoms with Gasteiger partial charge in [-0.15, -0.1) is 0 Å². The fraction of sp³-hybridized carbons (Fsp3) is 0.308. The normalized spacial score (nSPS) is 11.6. The molecule has 5 nitrogen and oxygen atoms in total. The molecular weight excluding hydrogens is 298 g/mol. The lowest BCUT2D eigenvalue weighted by molar-refractivity contribution is 0.600. The van der Waals surface area contributed by atoms with Gasteiger partial charge in [0.2, 0.25) is 0 Å². The van der Waals surface area contributed by atoms with E-state index in [1.54, 1.807) is 36.7 Å². The molecule has 2 aromatic rings. The van der Waals surface area contributed by atoms with Crippen LogP contribution < -0.4 is 4.72 Å². The molecule has 1 aromatic heterocycles. The molecule has 0 saturated heterocycles. The van der Waals surface area contributed by atoms with Gasteiger partial charge in [0.1, 0.15) is 4.90 Å². The third-order valence-electron chi connectivity index (χ3n) is 3.03. The van der Waals surface area contributed by atoms with Gasteiger partial charge in [-0.3, -0.25) is 9.40 Å². The summed E-state index contributed by atoms with van der Waals surface area (Å²) in [5.74, 6) is 0. The molecule has 2 rings (SSSR count). The lowest BCUT2D eigenvalue weighted by Crippen LogP contribution is -2.14. The third kappa shape index (κ3) is 2.81. The first-order chi connectivity index (χ1) is 9.35. The van der Waals surface area contributed by atoms with E-state index in [-0.39, 0.29) is 4.90 Å². The van der Waals surface area contributed by atoms with Crippen molar-refractivity contribution in [1.82, 2.24) is 9.78 Å². The number of nitrogens with one attached hydrogen (secondary N) is 1. The Morgan fingerprint density at radius 1 is 1.35 bits per heavy atom. The molecule has 1 aromatic carbocycles. The minimum atomic E-state index is -3.66. The summed E-state index contributed by atoms with van der Waals surface area (Å²) in [4.78, 5) is 0.179. The summed E-state index contributed by atoms with van der Waals surface area (Å²) < 4.78 is 29.0. The number of halogens is 1. The fourth-order valence-electron chi connectivity index (χ4n) is 1.84. The molecule has 0 radical (unpaired) electrons. The van der Waals surface area contributed by atoms with E-state index in [2.05, 4.69) is 9.82 Å². The monoisotopic (exact) mass is 313 g/mol. The van der Waals surface area contributed by atoms with Crippen LogP contribution in [0.25, 0.3) is 0 Å². The second kappa shape index (κ2) is 5.46. The molecule has 0 aliphatic rings. The van der Waals surface area contributed by atoms with Gasteiger partial charge >= 0.3 is 0 Å². The number of sulfonamides is 1. The predicted octanol–water partition coefficient (Wildman–Crippen LogP) is 2.97. The molecule has 0 fully saturated rings. The van der Waals surface area contributed by atoms with Gasteiger partial charge in [-0.25, -0.2) is 8.42 Å². The smallest absolute Gasteiger partial charge is 0.265 e. The van der Waals surface area contributed by atoms with Gasteiger partial charge in [0.25, 0.3) is 10.0 Å². The quantitative estimate of drug-likeness (QED) is 0.943. The van der Waals surface area contributed by atoms with Crippen LogP contribution in [0.2, 0.25) is 5.02 Å². The zero-order valence-electron chi connectivity index (χ0n) is 11.5. The van der Waals surface area contributed by atoms with Crippen molar-refractivity contribution in [3.05, 3.63) is 40.7 Å². The first kappa shape index (κ1) is 14.9. The van der Waals surface area contributed by atoms with E-state index in [1.807, 2.05) is 6.92 Å². The molecular formula is C13H16ClN3O2S. The lowest BCUT2D eigenvalue weighted by Gasteiger charge is -2.10. The second-order valence-corrected chi connectivity index (χ2v) is 6.51. The molecule has 0 aliphatic heterocycles. The van der Waals surface area contributed by atoms with Crippen LogP contribution in [0.4, 0.5) is 5.69 Å². The van der Waals surface area contributed by atoms with Gasteiger partial charge in [0.15, 0.2) is 0 Å². The van der Waals surface area contributed by atoms with E-state index in [0.717, 1.165) is 0 Å². The number of nitrogens with zero attached hydrogens (tertiary/aromatic N) is 2. The van der Waals surface area contributed by atoms with Crippen molar-refractivity contribution in [3.63, 3.8) is 0 Å². The van der Waals surface area contributed by atoms with Crippen LogP contribution >= 0.6 is 11.6 Å². The van der Waals surface area contributed by atoms with E-state index < -0.39 is 10.0 Å². The van der Waals surface area contributed by atoms with E-state index >= 15 is 0 Å². The third-order valence-corrected chi connectivity index (χ3v) is 4.90. The topological polar surface area (TPSA) is 64.0 Å². The first-order valence-corrected chi connectivity index (χ1v) is 8.03. The Morgan fingerprint density at radius 3 is 2.65 bits per heavy atom. The molecule has 1 heterocycles. The van der Waals surface area contributed by atoms with Crippen LogP contribution in [0.5, 0.6) is 0 Å². The van der Waals surface area contributed by atoms with Crippen LogP contribution in [0.15, 0.2) is 29.3 Å². The zero-order chi connectivity index (χ0) is 14.9. The van der Waals surface area contributed by atoms with Crippen molar-refractivity contribution in [2.24, 2.45) is 0 Å². The van der Waals surface area contributed by atoms with Crippen LogP contribution in [0, 0.1) is 13.8 Å². The highest BCUT2D eigenvalue weighted by Crippen LogP contribution is 2.26. The Bertz CT molecular complexity index is 738. The van der Waals surface area contributed by atoms with Crippen LogP contribution in [0.1, 0.15) is 18.2 Å². The van der Waals surface area contributed by atoms with Crippen molar-refractivity contribution >= 4 is 27.3 Å². The van der Waals surface area contributed by atoms with Crippen molar-refractivity contribution in [3.8, 4) is 0 Å². The summed E-state index contributed by atoms with van der Waals surface area (Å²) in [5, 5.41) is 4.67. The highest BCUT2D eigenvalue weighted by Gasteiger charge is 2.21. The number of aromatic nitrogens is 2. The number of anilines is 1. The predicted molar refractivity (Wildman–Crippen MR) is 79.6 cm³/mol. The first-order valence-electron chi connectivity index (χ1n) is 6.17. The maximum atomic E-state index is 12.4. The number of benzene rings is 1. The summed E-state index contributed by atoms with van der Waals surface area (Å²) in [6.45, 7) is 5.96. The van der Waals surface area contributed by atoms with Crippen molar-refractivity contribution < 1.29 is 8.42 Å². The van der Waals surface area contributed by atoms with Gasteiger partial charge in [-0.2, -0.15) is 5.10 Å². The highest BCUT2D eigenvalue weighted by atomic mass is 35.5. The molecule has 0 spiro atoms. The summed E-state index contributed by atoms with van der Waals surface area (Å²) >= 11 is 6.00. The highest BCUT2D eigenvalue weighted by molar-refractivity contribution is 7.92. The Kier molecular flexibility index (Phi) is 4.06.